The topological polar surface area (TPSA) is 65.4 Å². The maximum Gasteiger partial charge on any atom is 0.263 e. The Kier molecular flexibility index (Phi) is 6.17. The van der Waals surface area contributed by atoms with Crippen LogP contribution in [0.2, 0.25) is 0 Å². The smallest absolute Gasteiger partial charge is 0.263 e. The number of aryl methyl sites for hydroxylation is 1. The average Bonchev–Trinajstić information content (AvgIpc) is 2.88. The number of nitrogens with zero attached hydrogens (tertiary/aromatic N) is 2. The number of amides is 1. The molecule has 1 N–H and O–H groups in total. The summed E-state index contributed by atoms with van der Waals surface area (Å²) in [5, 5.41) is 12.7. The first-order valence-corrected chi connectivity index (χ1v) is 11.0. The number of benzene rings is 1. The van der Waals surface area contributed by atoms with Crippen molar-refractivity contribution < 1.29 is 9.53 Å². The van der Waals surface area contributed by atoms with Gasteiger partial charge in [-0.25, -0.2) is 0 Å². The molecule has 3 unspecified atom stereocenters. The lowest BCUT2D eigenvalue weighted by Gasteiger charge is -2.39. The number of ether oxygens (including phenoxy) is 1. The van der Waals surface area contributed by atoms with Crippen LogP contribution in [0.4, 0.5) is 0 Å². The first-order valence-electron chi connectivity index (χ1n) is 11.0. The fourth-order valence-corrected chi connectivity index (χ4v) is 5.60. The molecule has 0 radical (unpaired) electrons. The SMILES string of the molecule is CCOc1ccc(C)cc1C(C)NC(=O)/C(C#N)=C\N1CC2(C)CC1CC(C)(C)C2. The third-order valence-corrected chi connectivity index (χ3v) is 6.39. The summed E-state index contributed by atoms with van der Waals surface area (Å²) in [6.45, 7) is 14.3. The van der Waals surface area contributed by atoms with Crippen LogP contribution in [-0.2, 0) is 4.79 Å². The van der Waals surface area contributed by atoms with Crippen LogP contribution in [0, 0.1) is 29.1 Å². The number of hydrogen-bond acceptors (Lipinski definition) is 4. The first-order chi connectivity index (χ1) is 14.1. The number of fused-ring (bicyclic) bond motifs is 2. The number of carbonyl (C=O) groups excluding carboxylic acids is 1. The minimum absolute atomic E-state index is 0.168. The van der Waals surface area contributed by atoms with E-state index >= 15 is 0 Å². The monoisotopic (exact) mass is 409 g/mol. The number of nitriles is 1. The Morgan fingerprint density at radius 2 is 2.13 bits per heavy atom. The highest BCUT2D eigenvalue weighted by atomic mass is 16.5. The van der Waals surface area contributed by atoms with Crippen LogP contribution in [0.15, 0.2) is 30.0 Å². The molecule has 0 spiro atoms. The molecule has 2 aliphatic rings. The third kappa shape index (κ3) is 4.80. The summed E-state index contributed by atoms with van der Waals surface area (Å²) in [7, 11) is 0. The first kappa shape index (κ1) is 22.2. The van der Waals surface area contributed by atoms with Gasteiger partial charge in [-0.2, -0.15) is 5.26 Å². The normalized spacial score (nSPS) is 26.1. The molecule has 5 heteroatoms. The van der Waals surface area contributed by atoms with Crippen molar-refractivity contribution in [2.45, 2.75) is 72.9 Å². The van der Waals surface area contributed by atoms with Crippen molar-refractivity contribution in [1.82, 2.24) is 10.2 Å². The van der Waals surface area contributed by atoms with E-state index in [1.54, 1.807) is 6.20 Å². The van der Waals surface area contributed by atoms with Crippen LogP contribution in [0.5, 0.6) is 5.75 Å². The van der Waals surface area contributed by atoms with Crippen molar-refractivity contribution in [2.75, 3.05) is 13.2 Å². The predicted octanol–water partition coefficient (Wildman–Crippen LogP) is 4.88. The van der Waals surface area contributed by atoms with E-state index < -0.39 is 0 Å². The van der Waals surface area contributed by atoms with Crippen LogP contribution >= 0.6 is 0 Å². The van der Waals surface area contributed by atoms with E-state index in [1.807, 2.05) is 39.0 Å². The highest BCUT2D eigenvalue weighted by Gasteiger charge is 2.48. The molecule has 1 aromatic rings. The minimum Gasteiger partial charge on any atom is -0.494 e. The number of carbonyl (C=O) groups is 1. The van der Waals surface area contributed by atoms with Gasteiger partial charge in [0, 0.05) is 24.4 Å². The van der Waals surface area contributed by atoms with E-state index in [4.69, 9.17) is 4.74 Å². The Bertz CT molecular complexity index is 883. The fourth-order valence-electron chi connectivity index (χ4n) is 5.60. The summed E-state index contributed by atoms with van der Waals surface area (Å²) in [5.41, 5.74) is 2.74. The van der Waals surface area contributed by atoms with Crippen molar-refractivity contribution in [2.24, 2.45) is 10.8 Å². The lowest BCUT2D eigenvalue weighted by atomic mass is 9.65. The van der Waals surface area contributed by atoms with E-state index in [0.717, 1.165) is 36.3 Å². The molecule has 1 amide bonds. The molecule has 1 aromatic carbocycles. The van der Waals surface area contributed by atoms with E-state index in [9.17, 15) is 10.1 Å². The molecular formula is C25H35N3O2. The summed E-state index contributed by atoms with van der Waals surface area (Å²) < 4.78 is 5.73. The van der Waals surface area contributed by atoms with Gasteiger partial charge < -0.3 is 15.0 Å². The maximum absolute atomic E-state index is 12.9. The van der Waals surface area contributed by atoms with E-state index in [1.165, 1.54) is 6.42 Å². The zero-order chi connectivity index (χ0) is 22.1. The molecule has 1 aliphatic carbocycles. The number of rotatable bonds is 6. The fraction of sp³-hybridized carbons (Fsp3) is 0.600. The van der Waals surface area contributed by atoms with Gasteiger partial charge in [0.15, 0.2) is 0 Å². The van der Waals surface area contributed by atoms with Crippen molar-refractivity contribution >= 4 is 5.91 Å². The van der Waals surface area contributed by atoms with Crippen molar-refractivity contribution in [3.05, 3.63) is 41.1 Å². The van der Waals surface area contributed by atoms with Crippen LogP contribution < -0.4 is 10.1 Å². The molecule has 1 saturated carbocycles. The van der Waals surface area contributed by atoms with Gasteiger partial charge >= 0.3 is 0 Å². The predicted molar refractivity (Wildman–Crippen MR) is 119 cm³/mol. The molecule has 3 atom stereocenters. The van der Waals surface area contributed by atoms with Gasteiger partial charge in [0.05, 0.1) is 12.6 Å². The molecule has 30 heavy (non-hydrogen) atoms. The van der Waals surface area contributed by atoms with Gasteiger partial charge in [-0.15, -0.1) is 0 Å². The molecule has 3 rings (SSSR count). The Morgan fingerprint density at radius 3 is 2.80 bits per heavy atom. The van der Waals surface area contributed by atoms with Gasteiger partial charge in [-0.05, 0) is 56.9 Å². The van der Waals surface area contributed by atoms with E-state index in [2.05, 4.69) is 37.1 Å². The number of nitrogens with one attached hydrogen (secondary N) is 1. The quantitative estimate of drug-likeness (QED) is 0.537. The highest BCUT2D eigenvalue weighted by Crippen LogP contribution is 2.52. The number of hydrogen-bond donors (Lipinski definition) is 1. The average molecular weight is 410 g/mol. The van der Waals surface area contributed by atoms with Crippen LogP contribution in [-0.4, -0.2) is 30.0 Å². The van der Waals surface area contributed by atoms with Crippen molar-refractivity contribution in [3.8, 4) is 11.8 Å². The van der Waals surface area contributed by atoms with E-state index in [0.29, 0.717) is 18.1 Å². The molecular weight excluding hydrogens is 374 g/mol. The van der Waals surface area contributed by atoms with Gasteiger partial charge in [-0.3, -0.25) is 4.79 Å². The van der Waals surface area contributed by atoms with Crippen molar-refractivity contribution in [3.63, 3.8) is 0 Å². The Morgan fingerprint density at radius 1 is 1.40 bits per heavy atom. The summed E-state index contributed by atoms with van der Waals surface area (Å²) in [6, 6.07) is 8.22. The minimum atomic E-state index is -0.334. The van der Waals surface area contributed by atoms with Crippen LogP contribution in [0.1, 0.15) is 71.0 Å². The second-order valence-corrected chi connectivity index (χ2v) is 10.2. The second-order valence-electron chi connectivity index (χ2n) is 10.2. The molecule has 5 nitrogen and oxygen atoms in total. The van der Waals surface area contributed by atoms with Gasteiger partial charge in [-0.1, -0.05) is 38.5 Å². The largest absolute Gasteiger partial charge is 0.494 e. The maximum atomic E-state index is 12.9. The lowest BCUT2D eigenvalue weighted by molar-refractivity contribution is -0.117. The summed E-state index contributed by atoms with van der Waals surface area (Å²) in [4.78, 5) is 15.2. The Balaban J connectivity index is 1.76. The standard InChI is InChI=1S/C25H35N3O2/c1-7-30-22-9-8-17(2)10-21(22)18(3)27-23(29)19(13-26)14-28-16-25(6)12-20(28)11-24(4,5)15-25/h8-10,14,18,20H,7,11-12,15-16H2,1-6H3,(H,27,29)/b19-14-. The number of likely N-dealkylation sites (tertiary alicyclic amines) is 1. The molecule has 2 fully saturated rings. The summed E-state index contributed by atoms with van der Waals surface area (Å²) in [6.07, 6.45) is 5.19. The molecule has 1 saturated heterocycles. The van der Waals surface area contributed by atoms with Gasteiger partial charge in [0.2, 0.25) is 0 Å². The molecule has 162 valence electrons. The van der Waals surface area contributed by atoms with Crippen molar-refractivity contribution in [1.29, 1.82) is 5.26 Å². The molecule has 2 bridgehead atoms. The van der Waals surface area contributed by atoms with E-state index in [-0.39, 0.29) is 22.9 Å². The summed E-state index contributed by atoms with van der Waals surface area (Å²) in [5.74, 6) is 0.432. The third-order valence-electron chi connectivity index (χ3n) is 6.39. The second kappa shape index (κ2) is 8.34. The van der Waals surface area contributed by atoms with Gasteiger partial charge in [0.1, 0.15) is 17.4 Å². The Labute approximate surface area is 181 Å². The van der Waals surface area contributed by atoms with Gasteiger partial charge in [0.25, 0.3) is 5.91 Å². The zero-order valence-corrected chi connectivity index (χ0v) is 19.2. The molecule has 0 aromatic heterocycles. The Hall–Kier alpha value is -2.48. The molecule has 1 heterocycles. The molecule has 1 aliphatic heterocycles. The summed E-state index contributed by atoms with van der Waals surface area (Å²) >= 11 is 0. The van der Waals surface area contributed by atoms with Crippen LogP contribution in [0.25, 0.3) is 0 Å². The van der Waals surface area contributed by atoms with Crippen LogP contribution in [0.3, 0.4) is 0 Å². The zero-order valence-electron chi connectivity index (χ0n) is 19.2. The lowest BCUT2D eigenvalue weighted by Crippen LogP contribution is -2.34. The highest BCUT2D eigenvalue weighted by molar-refractivity contribution is 5.97.